The Hall–Kier alpha value is -5.00. The summed E-state index contributed by atoms with van der Waals surface area (Å²) < 4.78 is 0. The predicted molar refractivity (Wildman–Crippen MR) is 206 cm³/mol. The molecule has 3 rings (SSSR count). The van der Waals surface area contributed by atoms with Crippen molar-refractivity contribution in [1.29, 1.82) is 0 Å². The molecule has 7 atom stereocenters. The number of carboxylic acid groups (broad SMARTS) is 1. The third-order valence-corrected chi connectivity index (χ3v) is 10.5. The molecular weight excluding hydrogens is 747 g/mol. The molecule has 1 aromatic rings. The van der Waals surface area contributed by atoms with Crippen LogP contribution in [0.5, 0.6) is 0 Å². The molecule has 0 radical (unpaired) electrons. The molecule has 0 saturated carbocycles. The van der Waals surface area contributed by atoms with Crippen LogP contribution in [-0.4, -0.2) is 118 Å². The molecule has 2 aliphatic rings. The summed E-state index contributed by atoms with van der Waals surface area (Å²) in [5.41, 5.74) is 0.633. The third kappa shape index (κ3) is 13.9. The van der Waals surface area contributed by atoms with Crippen LogP contribution in [-0.2, 0) is 49.6 Å². The molecule has 1 aromatic carbocycles. The van der Waals surface area contributed by atoms with Crippen LogP contribution in [0, 0.1) is 17.8 Å². The van der Waals surface area contributed by atoms with Crippen LogP contribution in [0.1, 0.15) is 72.8 Å². The van der Waals surface area contributed by atoms with Crippen molar-refractivity contribution in [2.75, 3.05) is 18.8 Å². The zero-order valence-electron chi connectivity index (χ0n) is 32.7. The van der Waals surface area contributed by atoms with Gasteiger partial charge < -0.3 is 41.9 Å². The molecule has 0 aromatic heterocycles. The van der Waals surface area contributed by atoms with Crippen molar-refractivity contribution < 1.29 is 48.3 Å². The molecule has 17 nitrogen and oxygen atoms in total. The standard InChI is InChI=1S/C38H55N7O10S/c1-7-22(6)32-37(54)45(18-30(47)44-32)17-29(46)39-28-19-56-38(55)27(14-21(4)5)43-33(50)24(13-20(2)3)40-34(51)25(15-23-11-9-8-10-12-23)41-35(52)26(16-31(48)49)42-36(28)53/h8-12,20-22,24-28,32H,7,13-19H2,1-6H3,(H,39,46)(H,40,51)(H,41,52)(H,42,53)(H,43,50)(H,44,47)(H,48,49)/t22?,24-,25-,26-,27-,28-,32-/m0/s1. The topological polar surface area (TPSA) is 249 Å². The second kappa shape index (κ2) is 21.3. The van der Waals surface area contributed by atoms with Crippen LogP contribution in [0.2, 0.25) is 0 Å². The summed E-state index contributed by atoms with van der Waals surface area (Å²) in [6, 6.07) is 0.990. The number of piperazine rings is 1. The van der Waals surface area contributed by atoms with Gasteiger partial charge in [-0.3, -0.25) is 43.2 Å². The number of hydrogen-bond acceptors (Lipinski definition) is 10. The minimum Gasteiger partial charge on any atom is -0.481 e. The van der Waals surface area contributed by atoms with Crippen molar-refractivity contribution in [3.8, 4) is 0 Å². The van der Waals surface area contributed by atoms with Gasteiger partial charge in [-0.25, -0.2) is 0 Å². The van der Waals surface area contributed by atoms with Gasteiger partial charge in [0.1, 0.15) is 43.3 Å². The smallest absolute Gasteiger partial charge is 0.305 e. The third-order valence-electron chi connectivity index (χ3n) is 9.40. The molecule has 2 heterocycles. The van der Waals surface area contributed by atoms with Crippen molar-refractivity contribution in [3.63, 3.8) is 0 Å². The van der Waals surface area contributed by atoms with E-state index in [2.05, 4.69) is 31.9 Å². The Labute approximate surface area is 331 Å². The largest absolute Gasteiger partial charge is 0.481 e. The fraction of sp³-hybridized carbons (Fsp3) is 0.605. The maximum atomic E-state index is 13.9. The maximum absolute atomic E-state index is 13.9. The van der Waals surface area contributed by atoms with E-state index < -0.39 is 114 Å². The van der Waals surface area contributed by atoms with E-state index >= 15 is 0 Å². The first kappa shape index (κ1) is 45.4. The Morgan fingerprint density at radius 3 is 1.95 bits per heavy atom. The summed E-state index contributed by atoms with van der Waals surface area (Å²) in [7, 11) is 0. The molecule has 0 spiro atoms. The fourth-order valence-electron chi connectivity index (χ4n) is 6.27. The highest BCUT2D eigenvalue weighted by molar-refractivity contribution is 8.13. The van der Waals surface area contributed by atoms with Gasteiger partial charge in [0, 0.05) is 12.2 Å². The van der Waals surface area contributed by atoms with E-state index in [1.54, 1.807) is 37.3 Å². The first-order valence-electron chi connectivity index (χ1n) is 18.9. The summed E-state index contributed by atoms with van der Waals surface area (Å²) in [4.78, 5) is 121. The first-order valence-corrected chi connectivity index (χ1v) is 19.9. The molecule has 0 aliphatic carbocycles. The minimum atomic E-state index is -1.74. The van der Waals surface area contributed by atoms with E-state index in [0.29, 0.717) is 23.7 Å². The highest BCUT2D eigenvalue weighted by Gasteiger charge is 2.38. The number of thioether (sulfide) groups is 1. The lowest BCUT2D eigenvalue weighted by Gasteiger charge is -2.35. The van der Waals surface area contributed by atoms with Gasteiger partial charge >= 0.3 is 5.97 Å². The predicted octanol–water partition coefficient (Wildman–Crippen LogP) is -0.133. The Kier molecular flexibility index (Phi) is 17.3. The zero-order chi connectivity index (χ0) is 41.7. The molecule has 2 fully saturated rings. The Morgan fingerprint density at radius 2 is 1.34 bits per heavy atom. The quantitative estimate of drug-likeness (QED) is 0.138. The normalized spacial score (nSPS) is 25.1. The lowest BCUT2D eigenvalue weighted by atomic mass is 9.96. The number of nitrogens with zero attached hydrogens (tertiary/aromatic N) is 1. The van der Waals surface area contributed by atoms with Crippen LogP contribution < -0.4 is 31.9 Å². The Morgan fingerprint density at radius 1 is 0.786 bits per heavy atom. The van der Waals surface area contributed by atoms with Crippen LogP contribution in [0.15, 0.2) is 30.3 Å². The summed E-state index contributed by atoms with van der Waals surface area (Å²) in [5, 5.41) is 24.7. The van der Waals surface area contributed by atoms with Crippen molar-refractivity contribution in [2.45, 2.75) is 110 Å². The maximum Gasteiger partial charge on any atom is 0.305 e. The number of carbonyl (C=O) groups is 9. The molecular formula is C38H55N7O10S. The van der Waals surface area contributed by atoms with Crippen LogP contribution in [0.25, 0.3) is 0 Å². The summed E-state index contributed by atoms with van der Waals surface area (Å²) in [5.74, 6) is -7.52. The second-order valence-corrected chi connectivity index (χ2v) is 16.2. The van der Waals surface area contributed by atoms with E-state index in [0.717, 1.165) is 4.90 Å². The average molecular weight is 802 g/mol. The first-order chi connectivity index (χ1) is 26.4. The molecule has 2 aliphatic heterocycles. The molecule has 0 bridgehead atoms. The van der Waals surface area contributed by atoms with Gasteiger partial charge in [0.25, 0.3) is 0 Å². The van der Waals surface area contributed by atoms with Gasteiger partial charge in [0.15, 0.2) is 0 Å². The number of benzene rings is 1. The number of nitrogens with one attached hydrogen (secondary N) is 6. The zero-order valence-corrected chi connectivity index (χ0v) is 33.5. The highest BCUT2D eigenvalue weighted by atomic mass is 32.2. The van der Waals surface area contributed by atoms with Gasteiger partial charge in [-0.2, -0.15) is 0 Å². The van der Waals surface area contributed by atoms with Crippen LogP contribution in [0.3, 0.4) is 0 Å². The van der Waals surface area contributed by atoms with E-state index in [4.69, 9.17) is 0 Å². The van der Waals surface area contributed by atoms with Gasteiger partial charge in [0.2, 0.25) is 46.5 Å². The van der Waals surface area contributed by atoms with Crippen LogP contribution >= 0.6 is 11.8 Å². The molecule has 56 heavy (non-hydrogen) atoms. The van der Waals surface area contributed by atoms with Gasteiger partial charge in [-0.05, 0) is 36.2 Å². The summed E-state index contributed by atoms with van der Waals surface area (Å²) in [6.45, 7) is 10.0. The van der Waals surface area contributed by atoms with E-state index in [-0.39, 0.29) is 37.0 Å². The number of carboxylic acids is 1. The van der Waals surface area contributed by atoms with Crippen molar-refractivity contribution in [1.82, 2.24) is 36.8 Å². The summed E-state index contributed by atoms with van der Waals surface area (Å²) in [6.07, 6.45) is -0.00860. The molecule has 308 valence electrons. The molecule has 18 heteroatoms. The number of hydrogen-bond donors (Lipinski definition) is 7. The summed E-state index contributed by atoms with van der Waals surface area (Å²) >= 11 is 0.628. The lowest BCUT2D eigenvalue weighted by Crippen LogP contribution is -2.62. The molecule has 2 saturated heterocycles. The Balaban J connectivity index is 2.02. The molecule has 1 unspecified atom stereocenters. The Bertz CT molecular complexity index is 1620. The number of rotatable bonds is 13. The second-order valence-electron chi connectivity index (χ2n) is 15.2. The van der Waals surface area contributed by atoms with Crippen molar-refractivity contribution >= 4 is 64.2 Å². The number of amides is 7. The van der Waals surface area contributed by atoms with Crippen molar-refractivity contribution in [2.24, 2.45) is 17.8 Å². The SMILES string of the molecule is CCC(C)[C@@H]1NC(=O)CN(CC(=O)N[C@H]2CSC(=O)[C@H](CC(C)C)NC(=O)[C@H](CC(C)C)NC(=O)[C@H](Cc3ccccc3)NC(=O)[C@H](CC(=O)O)NC2=O)C1=O. The molecule has 7 amide bonds. The minimum absolute atomic E-state index is 0.0584. The van der Waals surface area contributed by atoms with Gasteiger partial charge in [-0.15, -0.1) is 0 Å². The van der Waals surface area contributed by atoms with Gasteiger partial charge in [-0.1, -0.05) is 90.1 Å². The highest BCUT2D eigenvalue weighted by Crippen LogP contribution is 2.18. The van der Waals surface area contributed by atoms with Crippen molar-refractivity contribution in [3.05, 3.63) is 35.9 Å². The van der Waals surface area contributed by atoms with E-state index in [9.17, 15) is 48.3 Å². The van der Waals surface area contributed by atoms with E-state index in [1.807, 2.05) is 34.6 Å². The monoisotopic (exact) mass is 801 g/mol. The van der Waals surface area contributed by atoms with Gasteiger partial charge in [0.05, 0.1) is 12.5 Å². The molecule has 7 N–H and O–H groups in total. The van der Waals surface area contributed by atoms with E-state index in [1.165, 1.54) is 0 Å². The lowest BCUT2D eigenvalue weighted by molar-refractivity contribution is -0.148. The average Bonchev–Trinajstić information content (AvgIpc) is 3.12. The number of carbonyl (C=O) groups excluding carboxylic acids is 8. The number of aliphatic carboxylic acids is 1. The fourth-order valence-corrected chi connectivity index (χ4v) is 7.19. The van der Waals surface area contributed by atoms with Crippen LogP contribution in [0.4, 0.5) is 0 Å².